The summed E-state index contributed by atoms with van der Waals surface area (Å²) in [6, 6.07) is 0. The lowest BCUT2D eigenvalue weighted by atomic mass is 10.1. The van der Waals surface area contributed by atoms with Crippen LogP contribution in [0.4, 0.5) is 0 Å². The highest BCUT2D eigenvalue weighted by atomic mass is 32.2. The van der Waals surface area contributed by atoms with Gasteiger partial charge in [0.15, 0.2) is 0 Å². The van der Waals surface area contributed by atoms with E-state index in [4.69, 9.17) is 49.5 Å². The number of nitrogens with two attached hydrogens (primary N) is 1. The van der Waals surface area contributed by atoms with Gasteiger partial charge < -0.3 is 30.5 Å². The molecule has 0 unspecified atom stereocenters. The van der Waals surface area contributed by atoms with Gasteiger partial charge in [0.2, 0.25) is 10.0 Å². The molecule has 0 saturated carbocycles. The molecule has 2 atom stereocenters. The summed E-state index contributed by atoms with van der Waals surface area (Å²) < 4.78 is 26.9. The average Bonchev–Trinajstić information content (AvgIpc) is 2.44. The summed E-state index contributed by atoms with van der Waals surface area (Å²) in [7, 11) is -1.84. The second kappa shape index (κ2) is 19.5. The van der Waals surface area contributed by atoms with Gasteiger partial charge in [-0.25, -0.2) is 13.6 Å². The van der Waals surface area contributed by atoms with E-state index in [9.17, 15) is 8.42 Å². The monoisotopic (exact) mass is 434 g/mol. The van der Waals surface area contributed by atoms with E-state index in [2.05, 4.69) is 5.32 Å². The first-order valence-corrected chi connectivity index (χ1v) is 9.11. The third-order valence-electron chi connectivity index (χ3n) is 2.07. The quantitative estimate of drug-likeness (QED) is 0.308. The van der Waals surface area contributed by atoms with Gasteiger partial charge in [-0.15, -0.1) is 0 Å². The normalized spacial score (nSPS) is 17.2. The van der Waals surface area contributed by atoms with E-state index in [0.29, 0.717) is 19.5 Å². The number of sulfonamides is 1. The number of nitrogens with one attached hydrogen (secondary N) is 1. The Morgan fingerprint density at radius 1 is 0.857 bits per heavy atom. The number of ether oxygens (including phenoxy) is 1. The number of hydrogen-bond acceptors (Lipinski definition) is 8. The van der Waals surface area contributed by atoms with Gasteiger partial charge in [0.1, 0.15) is 0 Å². The Morgan fingerprint density at radius 2 is 1.14 bits per heavy atom. The van der Waals surface area contributed by atoms with Gasteiger partial charge >= 0.3 is 0 Å². The van der Waals surface area contributed by atoms with Crippen molar-refractivity contribution in [3.63, 3.8) is 0 Å². The Kier molecular flexibility index (Phi) is 23.2. The first-order valence-electron chi connectivity index (χ1n) is 7.50. The lowest BCUT2D eigenvalue weighted by molar-refractivity contribution is -0.135. The zero-order valence-electron chi connectivity index (χ0n) is 16.4. The first-order chi connectivity index (χ1) is 12.5. The molecule has 28 heavy (non-hydrogen) atoms. The number of carbonyl (C=O) groups is 4. The maximum atomic E-state index is 10.9. The zero-order valence-corrected chi connectivity index (χ0v) is 17.2. The van der Waals surface area contributed by atoms with Gasteiger partial charge in [-0.3, -0.25) is 19.2 Å². The second-order valence-corrected chi connectivity index (χ2v) is 6.88. The van der Waals surface area contributed by atoms with Crippen molar-refractivity contribution >= 4 is 33.9 Å². The molecule has 14 heteroatoms. The molecule has 0 bridgehead atoms. The average molecular weight is 434 g/mol. The second-order valence-electron chi connectivity index (χ2n) is 5.04. The lowest BCUT2D eigenvalue weighted by Crippen LogP contribution is -2.48. The number of piperidine rings is 1. The molecule has 1 rings (SSSR count). The topological polar surface area (TPSA) is 231 Å². The van der Waals surface area contributed by atoms with E-state index < -0.39 is 39.2 Å². The van der Waals surface area contributed by atoms with Crippen LogP contribution in [0.1, 0.15) is 34.1 Å². The Bertz CT molecular complexity index is 500. The van der Waals surface area contributed by atoms with E-state index in [1.165, 1.54) is 0 Å². The number of carboxylic acids is 4. The summed E-state index contributed by atoms with van der Waals surface area (Å²) in [6.45, 7) is 5.46. The van der Waals surface area contributed by atoms with Crippen molar-refractivity contribution < 1.29 is 52.8 Å². The molecule has 1 saturated heterocycles. The molecular weight excluding hydrogens is 404 g/mol. The molecular formula is C14H30N2O11S. The summed E-state index contributed by atoms with van der Waals surface area (Å²) in [5.41, 5.74) is 0. The van der Waals surface area contributed by atoms with E-state index in [0.717, 1.165) is 27.7 Å². The van der Waals surface area contributed by atoms with Crippen LogP contribution in [0, 0.1) is 0 Å². The van der Waals surface area contributed by atoms with Crippen LogP contribution in [-0.4, -0.2) is 84.3 Å². The van der Waals surface area contributed by atoms with Crippen LogP contribution >= 0.6 is 0 Å². The molecule has 0 spiro atoms. The molecule has 1 aliphatic heterocycles. The summed E-state index contributed by atoms with van der Waals surface area (Å²) in [6.07, 6.45) is 0.449. The van der Waals surface area contributed by atoms with Crippen LogP contribution in [0.2, 0.25) is 0 Å². The highest BCUT2D eigenvalue weighted by Gasteiger charge is 2.28. The van der Waals surface area contributed by atoms with Crippen LogP contribution in [0.3, 0.4) is 0 Å². The van der Waals surface area contributed by atoms with Crippen molar-refractivity contribution in [1.82, 2.24) is 5.32 Å². The van der Waals surface area contributed by atoms with Crippen molar-refractivity contribution in [2.24, 2.45) is 5.14 Å². The zero-order chi connectivity index (χ0) is 23.5. The standard InChI is InChI=1S/C6H14N2O3S.4C2H4O2/c1-11-5-2-6(4-8-3-5)12(7,9)10;4*1-2(3)4/h5-6,8H,2-4H2,1H3,(H2,7,9,10);4*1H3,(H,3,4)/t5-,6-;;;;/m0..../s1. The van der Waals surface area contributed by atoms with Crippen molar-refractivity contribution in [3.05, 3.63) is 0 Å². The number of primary sulfonamides is 1. The molecule has 1 aliphatic rings. The number of aliphatic carboxylic acids is 4. The SMILES string of the molecule is CC(=O)O.CC(=O)O.CC(=O)O.CC(=O)O.CO[C@@H]1CNC[C@@H](S(N)(=O)=O)C1. The number of carboxylic acid groups (broad SMARTS) is 4. The fourth-order valence-electron chi connectivity index (χ4n) is 1.30. The van der Waals surface area contributed by atoms with Crippen LogP contribution < -0.4 is 10.5 Å². The van der Waals surface area contributed by atoms with Crippen molar-refractivity contribution in [3.8, 4) is 0 Å². The summed E-state index contributed by atoms with van der Waals surface area (Å²) in [4.78, 5) is 36.0. The Morgan fingerprint density at radius 3 is 1.36 bits per heavy atom. The smallest absolute Gasteiger partial charge is 0.300 e. The molecule has 0 aliphatic carbocycles. The van der Waals surface area contributed by atoms with Crippen molar-refractivity contribution in [2.75, 3.05) is 20.2 Å². The minimum absolute atomic E-state index is 0.0397. The van der Waals surface area contributed by atoms with E-state index >= 15 is 0 Å². The van der Waals surface area contributed by atoms with E-state index in [1.807, 2.05) is 0 Å². The fraction of sp³-hybridized carbons (Fsp3) is 0.714. The fourth-order valence-corrected chi connectivity index (χ4v) is 2.13. The predicted molar refractivity (Wildman–Crippen MR) is 98.4 cm³/mol. The van der Waals surface area contributed by atoms with Crippen molar-refractivity contribution in [2.45, 2.75) is 45.5 Å². The largest absolute Gasteiger partial charge is 0.481 e. The number of methoxy groups -OCH3 is 1. The minimum atomic E-state index is -3.41. The van der Waals surface area contributed by atoms with Crippen LogP contribution in [0.25, 0.3) is 0 Å². The highest BCUT2D eigenvalue weighted by molar-refractivity contribution is 7.89. The molecule has 0 radical (unpaired) electrons. The predicted octanol–water partition coefficient (Wildman–Crippen LogP) is -0.985. The van der Waals surface area contributed by atoms with E-state index in [-0.39, 0.29) is 6.10 Å². The van der Waals surface area contributed by atoms with Crippen molar-refractivity contribution in [1.29, 1.82) is 0 Å². The molecule has 0 aromatic carbocycles. The minimum Gasteiger partial charge on any atom is -0.481 e. The number of rotatable bonds is 2. The first kappa shape index (κ1) is 33.3. The maximum absolute atomic E-state index is 10.9. The van der Waals surface area contributed by atoms with Gasteiger partial charge in [-0.2, -0.15) is 0 Å². The third-order valence-corrected chi connectivity index (χ3v) is 3.36. The molecule has 13 nitrogen and oxygen atoms in total. The highest BCUT2D eigenvalue weighted by Crippen LogP contribution is 2.11. The van der Waals surface area contributed by atoms with Gasteiger partial charge in [0.25, 0.3) is 23.9 Å². The summed E-state index contributed by atoms with van der Waals surface area (Å²) in [5.74, 6) is -3.33. The van der Waals surface area contributed by atoms with Gasteiger partial charge in [0, 0.05) is 47.9 Å². The van der Waals surface area contributed by atoms with Crippen LogP contribution in [0.15, 0.2) is 0 Å². The van der Waals surface area contributed by atoms with Gasteiger partial charge in [-0.1, -0.05) is 0 Å². The van der Waals surface area contributed by atoms with Gasteiger partial charge in [-0.05, 0) is 6.42 Å². The molecule has 0 aromatic rings. The van der Waals surface area contributed by atoms with Crippen LogP contribution in [-0.2, 0) is 33.9 Å². The van der Waals surface area contributed by atoms with E-state index in [1.54, 1.807) is 7.11 Å². The number of hydrogen-bond donors (Lipinski definition) is 6. The van der Waals surface area contributed by atoms with Crippen LogP contribution in [0.5, 0.6) is 0 Å². The Labute approximate surface area is 163 Å². The maximum Gasteiger partial charge on any atom is 0.300 e. The lowest BCUT2D eigenvalue weighted by Gasteiger charge is -2.27. The Hall–Kier alpha value is -2.29. The molecule has 1 fully saturated rings. The molecule has 168 valence electrons. The Balaban J connectivity index is -0.000000150. The molecule has 0 aromatic heterocycles. The summed E-state index contributed by atoms with van der Waals surface area (Å²) >= 11 is 0. The third kappa shape index (κ3) is 49.5. The van der Waals surface area contributed by atoms with Gasteiger partial charge in [0.05, 0.1) is 11.4 Å². The molecule has 1 heterocycles. The molecule has 7 N–H and O–H groups in total. The molecule has 0 amide bonds. The summed E-state index contributed by atoms with van der Waals surface area (Å²) in [5, 5.41) is 37.1.